The minimum Gasteiger partial charge on any atom is -0.368 e. The molecule has 1 saturated carbocycles. The molecule has 0 spiro atoms. The number of carbonyl (C=O) groups is 2. The highest BCUT2D eigenvalue weighted by molar-refractivity contribution is 5.98. The van der Waals surface area contributed by atoms with Crippen molar-refractivity contribution < 1.29 is 14.3 Å². The summed E-state index contributed by atoms with van der Waals surface area (Å²) in [5, 5.41) is 6.03. The fourth-order valence-electron chi connectivity index (χ4n) is 3.78. The number of benzene rings is 1. The van der Waals surface area contributed by atoms with Crippen LogP contribution in [-0.2, 0) is 9.53 Å². The van der Waals surface area contributed by atoms with E-state index < -0.39 is 0 Å². The predicted octanol–water partition coefficient (Wildman–Crippen LogP) is 3.36. The van der Waals surface area contributed by atoms with Gasteiger partial charge in [0, 0.05) is 23.9 Å². The molecular formula is C20H28N2O3. The lowest BCUT2D eigenvalue weighted by Crippen LogP contribution is -2.43. The van der Waals surface area contributed by atoms with Crippen LogP contribution < -0.4 is 10.6 Å². The van der Waals surface area contributed by atoms with Crippen LogP contribution in [0, 0.1) is 11.8 Å². The van der Waals surface area contributed by atoms with Gasteiger partial charge in [0.25, 0.3) is 11.8 Å². The monoisotopic (exact) mass is 344 g/mol. The Morgan fingerprint density at radius 3 is 2.72 bits per heavy atom. The maximum absolute atomic E-state index is 12.6. The number of ether oxygens (including phenoxy) is 1. The van der Waals surface area contributed by atoms with Gasteiger partial charge < -0.3 is 15.4 Å². The van der Waals surface area contributed by atoms with Crippen molar-refractivity contribution in [2.45, 2.75) is 58.1 Å². The maximum Gasteiger partial charge on any atom is 0.253 e. The zero-order valence-corrected chi connectivity index (χ0v) is 15.1. The first-order valence-electron chi connectivity index (χ1n) is 9.38. The van der Waals surface area contributed by atoms with E-state index in [0.29, 0.717) is 29.7 Å². The van der Waals surface area contributed by atoms with Crippen molar-refractivity contribution in [2.24, 2.45) is 11.8 Å². The SMILES string of the molecule is C[C@H]1[C@H](C)CCC[C@@H]1NC(=O)c1cccc(NC(=O)[C@H]2CCCO2)c1. The molecule has 4 atom stereocenters. The van der Waals surface area contributed by atoms with Gasteiger partial charge in [-0.2, -0.15) is 0 Å². The van der Waals surface area contributed by atoms with Gasteiger partial charge in [0.1, 0.15) is 6.10 Å². The third-order valence-corrected chi connectivity index (χ3v) is 5.64. The summed E-state index contributed by atoms with van der Waals surface area (Å²) < 4.78 is 5.40. The molecular weight excluding hydrogens is 316 g/mol. The second kappa shape index (κ2) is 8.00. The number of hydrogen-bond acceptors (Lipinski definition) is 3. The third kappa shape index (κ3) is 4.40. The summed E-state index contributed by atoms with van der Waals surface area (Å²) in [5.74, 6) is 0.917. The fourth-order valence-corrected chi connectivity index (χ4v) is 3.78. The number of hydrogen-bond donors (Lipinski definition) is 2. The van der Waals surface area contributed by atoms with Gasteiger partial charge in [0.2, 0.25) is 0 Å². The largest absolute Gasteiger partial charge is 0.368 e. The standard InChI is InChI=1S/C20H28N2O3/c1-13-6-3-9-17(14(13)2)22-19(23)15-7-4-8-16(12-15)21-20(24)18-10-5-11-25-18/h4,7-8,12-14,17-18H,3,5-6,9-11H2,1-2H3,(H,21,24)(H,22,23)/t13-,14+,17+,18-/m1/s1. The number of amides is 2. The molecule has 3 rings (SSSR count). The Bertz CT molecular complexity index is 625. The molecule has 5 heteroatoms. The molecule has 1 heterocycles. The Balaban J connectivity index is 1.62. The molecule has 5 nitrogen and oxygen atoms in total. The van der Waals surface area contributed by atoms with Crippen molar-refractivity contribution in [2.75, 3.05) is 11.9 Å². The molecule has 0 unspecified atom stereocenters. The van der Waals surface area contributed by atoms with E-state index in [9.17, 15) is 9.59 Å². The zero-order chi connectivity index (χ0) is 17.8. The Labute approximate surface area is 149 Å². The van der Waals surface area contributed by atoms with E-state index >= 15 is 0 Å². The van der Waals surface area contributed by atoms with Gasteiger partial charge in [-0.15, -0.1) is 0 Å². The van der Waals surface area contributed by atoms with E-state index in [1.165, 1.54) is 6.42 Å². The fraction of sp³-hybridized carbons (Fsp3) is 0.600. The van der Waals surface area contributed by atoms with Crippen LogP contribution in [-0.4, -0.2) is 30.6 Å². The number of anilines is 1. The molecule has 2 amide bonds. The summed E-state index contributed by atoms with van der Waals surface area (Å²) in [6.07, 6.45) is 4.73. The van der Waals surface area contributed by atoms with E-state index in [4.69, 9.17) is 4.74 Å². The maximum atomic E-state index is 12.6. The lowest BCUT2D eigenvalue weighted by molar-refractivity contribution is -0.124. The second-order valence-corrected chi connectivity index (χ2v) is 7.42. The Morgan fingerprint density at radius 1 is 1.12 bits per heavy atom. The first-order chi connectivity index (χ1) is 12.0. The van der Waals surface area contributed by atoms with Gasteiger partial charge in [0.15, 0.2) is 0 Å². The molecule has 1 aromatic carbocycles. The molecule has 2 N–H and O–H groups in total. The van der Waals surface area contributed by atoms with Crippen molar-refractivity contribution in [3.05, 3.63) is 29.8 Å². The van der Waals surface area contributed by atoms with Gasteiger partial charge in [-0.3, -0.25) is 9.59 Å². The molecule has 0 radical (unpaired) electrons. The van der Waals surface area contributed by atoms with Crippen LogP contribution in [0.15, 0.2) is 24.3 Å². The molecule has 25 heavy (non-hydrogen) atoms. The van der Waals surface area contributed by atoms with Crippen LogP contribution in [0.1, 0.15) is 56.3 Å². The van der Waals surface area contributed by atoms with Crippen molar-refractivity contribution in [3.8, 4) is 0 Å². The molecule has 2 fully saturated rings. The Kier molecular flexibility index (Phi) is 5.74. The van der Waals surface area contributed by atoms with E-state index in [2.05, 4.69) is 24.5 Å². The summed E-state index contributed by atoms with van der Waals surface area (Å²) in [4.78, 5) is 24.8. The molecule has 136 valence electrons. The lowest BCUT2D eigenvalue weighted by Gasteiger charge is -2.34. The predicted molar refractivity (Wildman–Crippen MR) is 97.5 cm³/mol. The number of nitrogens with one attached hydrogen (secondary N) is 2. The Hall–Kier alpha value is -1.88. The summed E-state index contributed by atoms with van der Waals surface area (Å²) in [7, 11) is 0. The smallest absolute Gasteiger partial charge is 0.253 e. The van der Waals surface area contributed by atoms with Crippen LogP contribution in [0.4, 0.5) is 5.69 Å². The Morgan fingerprint density at radius 2 is 1.96 bits per heavy atom. The second-order valence-electron chi connectivity index (χ2n) is 7.42. The van der Waals surface area contributed by atoms with Gasteiger partial charge in [-0.1, -0.05) is 32.8 Å². The minimum absolute atomic E-state index is 0.0702. The van der Waals surface area contributed by atoms with Gasteiger partial charge in [-0.25, -0.2) is 0 Å². The van der Waals surface area contributed by atoms with Gasteiger partial charge >= 0.3 is 0 Å². The molecule has 1 aliphatic carbocycles. The minimum atomic E-state index is -0.373. The average molecular weight is 344 g/mol. The summed E-state index contributed by atoms with van der Waals surface area (Å²) in [5.41, 5.74) is 1.22. The normalized spacial score (nSPS) is 29.2. The summed E-state index contributed by atoms with van der Waals surface area (Å²) in [6, 6.07) is 7.34. The van der Waals surface area contributed by atoms with Crippen molar-refractivity contribution in [1.29, 1.82) is 0 Å². The van der Waals surface area contributed by atoms with Crippen molar-refractivity contribution >= 4 is 17.5 Å². The third-order valence-electron chi connectivity index (χ3n) is 5.64. The topological polar surface area (TPSA) is 67.4 Å². The van der Waals surface area contributed by atoms with Crippen LogP contribution in [0.25, 0.3) is 0 Å². The van der Waals surface area contributed by atoms with Crippen LogP contribution in [0.2, 0.25) is 0 Å². The number of rotatable bonds is 4. The molecule has 1 aliphatic heterocycles. The van der Waals surface area contributed by atoms with E-state index in [1.54, 1.807) is 24.3 Å². The number of carbonyl (C=O) groups excluding carboxylic acids is 2. The highest BCUT2D eigenvalue weighted by Crippen LogP contribution is 2.29. The molecule has 1 saturated heterocycles. The zero-order valence-electron chi connectivity index (χ0n) is 15.1. The van der Waals surface area contributed by atoms with Crippen molar-refractivity contribution in [3.63, 3.8) is 0 Å². The van der Waals surface area contributed by atoms with E-state index in [1.807, 2.05) is 0 Å². The lowest BCUT2D eigenvalue weighted by atomic mass is 9.78. The quantitative estimate of drug-likeness (QED) is 0.880. The van der Waals surface area contributed by atoms with Crippen LogP contribution in [0.5, 0.6) is 0 Å². The summed E-state index contributed by atoms with van der Waals surface area (Å²) >= 11 is 0. The molecule has 0 aromatic heterocycles. The highest BCUT2D eigenvalue weighted by Gasteiger charge is 2.28. The van der Waals surface area contributed by atoms with Gasteiger partial charge in [0.05, 0.1) is 0 Å². The highest BCUT2D eigenvalue weighted by atomic mass is 16.5. The first-order valence-corrected chi connectivity index (χ1v) is 9.38. The average Bonchev–Trinajstić information content (AvgIpc) is 3.14. The first kappa shape index (κ1) is 17.9. The van der Waals surface area contributed by atoms with Crippen LogP contribution >= 0.6 is 0 Å². The van der Waals surface area contributed by atoms with Crippen LogP contribution in [0.3, 0.4) is 0 Å². The molecule has 0 bridgehead atoms. The van der Waals surface area contributed by atoms with E-state index in [-0.39, 0.29) is 24.0 Å². The van der Waals surface area contributed by atoms with E-state index in [0.717, 1.165) is 25.7 Å². The molecule has 2 aliphatic rings. The summed E-state index contributed by atoms with van der Waals surface area (Å²) in [6.45, 7) is 5.11. The molecule has 1 aromatic rings. The van der Waals surface area contributed by atoms with Crippen molar-refractivity contribution in [1.82, 2.24) is 5.32 Å². The van der Waals surface area contributed by atoms with Gasteiger partial charge in [-0.05, 0) is 49.3 Å².